The lowest BCUT2D eigenvalue weighted by Crippen LogP contribution is -1.98. The normalized spacial score (nSPS) is 12.8. The van der Waals surface area contributed by atoms with E-state index >= 15 is 0 Å². The van der Waals surface area contributed by atoms with Crippen molar-refractivity contribution >= 4 is 45.8 Å². The van der Waals surface area contributed by atoms with Crippen LogP contribution in [0.5, 0.6) is 0 Å². The van der Waals surface area contributed by atoms with Crippen molar-refractivity contribution in [2.45, 2.75) is 6.10 Å². The highest BCUT2D eigenvalue weighted by molar-refractivity contribution is 6.35. The SMILES string of the molecule is OC(c1cc2cc(Cl)ccc2o1)c1ccc(Cl)cc1Cl. The minimum absolute atomic E-state index is 0.392. The highest BCUT2D eigenvalue weighted by atomic mass is 35.5. The van der Waals surface area contributed by atoms with Gasteiger partial charge in [0.15, 0.2) is 0 Å². The molecule has 1 aromatic heterocycles. The molecule has 0 saturated carbocycles. The van der Waals surface area contributed by atoms with Gasteiger partial charge in [0.1, 0.15) is 17.4 Å². The Balaban J connectivity index is 2.05. The van der Waals surface area contributed by atoms with Gasteiger partial charge in [-0.3, -0.25) is 0 Å². The van der Waals surface area contributed by atoms with Crippen LogP contribution >= 0.6 is 34.8 Å². The lowest BCUT2D eigenvalue weighted by Gasteiger charge is -2.10. The lowest BCUT2D eigenvalue weighted by atomic mass is 10.1. The number of fused-ring (bicyclic) bond motifs is 1. The Bertz CT molecular complexity index is 780. The van der Waals surface area contributed by atoms with Gasteiger partial charge in [-0.2, -0.15) is 0 Å². The molecule has 0 fully saturated rings. The van der Waals surface area contributed by atoms with Crippen molar-refractivity contribution in [1.29, 1.82) is 0 Å². The first-order valence-corrected chi connectivity index (χ1v) is 7.00. The topological polar surface area (TPSA) is 33.4 Å². The van der Waals surface area contributed by atoms with E-state index in [1.165, 1.54) is 0 Å². The van der Waals surface area contributed by atoms with E-state index in [2.05, 4.69) is 0 Å². The molecule has 2 aromatic carbocycles. The summed E-state index contributed by atoms with van der Waals surface area (Å²) in [6.45, 7) is 0. The highest BCUT2D eigenvalue weighted by Crippen LogP contribution is 2.33. The quantitative estimate of drug-likeness (QED) is 0.676. The Morgan fingerprint density at radius 1 is 0.900 bits per heavy atom. The van der Waals surface area contributed by atoms with Crippen molar-refractivity contribution in [2.75, 3.05) is 0 Å². The third-order valence-corrected chi connectivity index (χ3v) is 3.82. The molecule has 5 heteroatoms. The summed E-state index contributed by atoms with van der Waals surface area (Å²) in [5.41, 5.74) is 1.20. The van der Waals surface area contributed by atoms with Gasteiger partial charge in [0.05, 0.1) is 0 Å². The fourth-order valence-electron chi connectivity index (χ4n) is 2.05. The minimum atomic E-state index is -0.953. The van der Waals surface area contributed by atoms with Gasteiger partial charge in [0, 0.05) is 26.0 Å². The van der Waals surface area contributed by atoms with Crippen molar-refractivity contribution in [3.8, 4) is 0 Å². The number of hydrogen-bond acceptors (Lipinski definition) is 2. The lowest BCUT2D eigenvalue weighted by molar-refractivity contribution is 0.192. The zero-order valence-electron chi connectivity index (χ0n) is 10.1. The van der Waals surface area contributed by atoms with Crippen molar-refractivity contribution in [3.63, 3.8) is 0 Å². The molecule has 1 atom stereocenters. The second kappa shape index (κ2) is 5.30. The Kier molecular flexibility index (Phi) is 3.65. The summed E-state index contributed by atoms with van der Waals surface area (Å²) in [5.74, 6) is 0.409. The molecule has 1 heterocycles. The number of rotatable bonds is 2. The summed E-state index contributed by atoms with van der Waals surface area (Å²) < 4.78 is 5.62. The molecule has 102 valence electrons. The first kappa shape index (κ1) is 13.8. The molecule has 1 N–H and O–H groups in total. The van der Waals surface area contributed by atoms with E-state index in [0.717, 1.165) is 5.39 Å². The summed E-state index contributed by atoms with van der Waals surface area (Å²) in [4.78, 5) is 0. The summed E-state index contributed by atoms with van der Waals surface area (Å²) >= 11 is 17.9. The van der Waals surface area contributed by atoms with Crippen LogP contribution < -0.4 is 0 Å². The summed E-state index contributed by atoms with van der Waals surface area (Å²) in [5, 5.41) is 12.7. The Morgan fingerprint density at radius 3 is 2.35 bits per heavy atom. The Hall–Kier alpha value is -1.19. The van der Waals surface area contributed by atoms with Crippen molar-refractivity contribution in [3.05, 3.63) is 68.9 Å². The molecule has 0 aliphatic rings. The molecule has 3 aromatic rings. The number of hydrogen-bond donors (Lipinski definition) is 1. The van der Waals surface area contributed by atoms with E-state index in [1.54, 1.807) is 42.5 Å². The molecular weight excluding hydrogens is 319 g/mol. The second-order valence-corrected chi connectivity index (χ2v) is 5.68. The van der Waals surface area contributed by atoms with Crippen LogP contribution in [0.1, 0.15) is 17.4 Å². The summed E-state index contributed by atoms with van der Waals surface area (Å²) in [6.07, 6.45) is -0.953. The van der Waals surface area contributed by atoms with Gasteiger partial charge in [-0.25, -0.2) is 0 Å². The van der Waals surface area contributed by atoms with Crippen LogP contribution in [0.25, 0.3) is 11.0 Å². The average Bonchev–Trinajstić information content (AvgIpc) is 2.81. The monoisotopic (exact) mass is 326 g/mol. The van der Waals surface area contributed by atoms with Gasteiger partial charge in [-0.1, -0.05) is 40.9 Å². The molecule has 1 unspecified atom stereocenters. The standard InChI is InChI=1S/C15H9Cl3O2/c16-9-2-4-13-8(5-9)6-14(20-13)15(19)11-3-1-10(17)7-12(11)18/h1-7,15,19H. The van der Waals surface area contributed by atoms with Crippen LogP contribution in [0.15, 0.2) is 46.9 Å². The van der Waals surface area contributed by atoms with E-state index in [-0.39, 0.29) is 0 Å². The average molecular weight is 328 g/mol. The van der Waals surface area contributed by atoms with E-state index in [0.29, 0.717) is 32.0 Å². The van der Waals surface area contributed by atoms with Gasteiger partial charge in [0.25, 0.3) is 0 Å². The zero-order valence-corrected chi connectivity index (χ0v) is 12.4. The maximum absolute atomic E-state index is 10.4. The summed E-state index contributed by atoms with van der Waals surface area (Å²) in [6, 6.07) is 12.0. The largest absolute Gasteiger partial charge is 0.458 e. The van der Waals surface area contributed by atoms with Crippen LogP contribution in [0.2, 0.25) is 15.1 Å². The predicted octanol–water partition coefficient (Wildman–Crippen LogP) is 5.47. The van der Waals surface area contributed by atoms with Crippen LogP contribution in [-0.4, -0.2) is 5.11 Å². The minimum Gasteiger partial charge on any atom is -0.458 e. The van der Waals surface area contributed by atoms with Crippen LogP contribution in [-0.2, 0) is 0 Å². The molecule has 0 aliphatic carbocycles. The van der Waals surface area contributed by atoms with Gasteiger partial charge in [0.2, 0.25) is 0 Å². The maximum atomic E-state index is 10.4. The van der Waals surface area contributed by atoms with E-state index in [9.17, 15) is 5.11 Å². The van der Waals surface area contributed by atoms with Crippen LogP contribution in [0, 0.1) is 0 Å². The third kappa shape index (κ3) is 2.52. The zero-order chi connectivity index (χ0) is 14.3. The molecule has 0 radical (unpaired) electrons. The smallest absolute Gasteiger partial charge is 0.138 e. The molecular formula is C15H9Cl3O2. The molecule has 0 amide bonds. The van der Waals surface area contributed by atoms with Crippen LogP contribution in [0.4, 0.5) is 0 Å². The first-order chi connectivity index (χ1) is 9.54. The summed E-state index contributed by atoms with van der Waals surface area (Å²) in [7, 11) is 0. The molecule has 0 aliphatic heterocycles. The van der Waals surface area contributed by atoms with Crippen molar-refractivity contribution < 1.29 is 9.52 Å². The highest BCUT2D eigenvalue weighted by Gasteiger charge is 2.18. The maximum Gasteiger partial charge on any atom is 0.138 e. The van der Waals surface area contributed by atoms with E-state index in [1.807, 2.05) is 0 Å². The number of halogens is 3. The van der Waals surface area contributed by atoms with Gasteiger partial charge >= 0.3 is 0 Å². The van der Waals surface area contributed by atoms with E-state index in [4.69, 9.17) is 39.2 Å². The van der Waals surface area contributed by atoms with Gasteiger partial charge < -0.3 is 9.52 Å². The fourth-order valence-corrected chi connectivity index (χ4v) is 2.74. The molecule has 0 spiro atoms. The Labute approximate surface area is 130 Å². The number of aliphatic hydroxyl groups excluding tert-OH is 1. The molecule has 3 rings (SSSR count). The van der Waals surface area contributed by atoms with Gasteiger partial charge in [-0.05, 0) is 36.4 Å². The molecule has 2 nitrogen and oxygen atoms in total. The molecule has 20 heavy (non-hydrogen) atoms. The van der Waals surface area contributed by atoms with Crippen molar-refractivity contribution in [2.24, 2.45) is 0 Å². The third-order valence-electron chi connectivity index (χ3n) is 3.02. The van der Waals surface area contributed by atoms with E-state index < -0.39 is 6.10 Å². The van der Waals surface area contributed by atoms with Crippen LogP contribution in [0.3, 0.4) is 0 Å². The number of furan rings is 1. The Morgan fingerprint density at radius 2 is 1.60 bits per heavy atom. The second-order valence-electron chi connectivity index (χ2n) is 4.40. The number of aliphatic hydroxyl groups is 1. The van der Waals surface area contributed by atoms with Gasteiger partial charge in [-0.15, -0.1) is 0 Å². The molecule has 0 bridgehead atoms. The van der Waals surface area contributed by atoms with Crippen molar-refractivity contribution in [1.82, 2.24) is 0 Å². The number of benzene rings is 2. The predicted molar refractivity (Wildman–Crippen MR) is 81.7 cm³/mol. The molecule has 0 saturated heterocycles. The first-order valence-electron chi connectivity index (χ1n) is 5.86. The fraction of sp³-hybridized carbons (Fsp3) is 0.0667.